The Balaban J connectivity index is 1.33. The third-order valence-corrected chi connectivity index (χ3v) is 6.90. The molecular weight excluding hydrogens is 524 g/mol. The Labute approximate surface area is 243 Å². The van der Waals surface area contributed by atoms with Crippen LogP contribution in [0.1, 0.15) is 64.0 Å². The van der Waals surface area contributed by atoms with E-state index in [1.807, 2.05) is 80.3 Å². The standard InChI is InChI=1S/C32H44N2O7/c1-32(2,3)41-31(37)34-19-17-24(18-20-34)10-8-9-21-39-27-15-13-25(14-16-27)22-28(29(35)38-4)33-30(36)40-23-26-11-6-5-7-12-26/h5-7,11-16,24,28H,8-10,17-23H2,1-4H3,(H,33,36)/t28-/m0/s1. The predicted molar refractivity (Wildman–Crippen MR) is 156 cm³/mol. The lowest BCUT2D eigenvalue weighted by Crippen LogP contribution is -2.43. The third kappa shape index (κ3) is 11.7. The summed E-state index contributed by atoms with van der Waals surface area (Å²) >= 11 is 0. The highest BCUT2D eigenvalue weighted by Crippen LogP contribution is 2.24. The maximum Gasteiger partial charge on any atom is 0.410 e. The van der Waals surface area contributed by atoms with Gasteiger partial charge in [-0.2, -0.15) is 0 Å². The summed E-state index contributed by atoms with van der Waals surface area (Å²) in [6.45, 7) is 7.91. The number of nitrogens with one attached hydrogen (secondary N) is 1. The lowest BCUT2D eigenvalue weighted by atomic mass is 9.92. The van der Waals surface area contributed by atoms with Gasteiger partial charge in [0.1, 0.15) is 24.0 Å². The summed E-state index contributed by atoms with van der Waals surface area (Å²) in [7, 11) is 1.29. The zero-order valence-electron chi connectivity index (χ0n) is 24.7. The van der Waals surface area contributed by atoms with Crippen molar-refractivity contribution in [2.75, 3.05) is 26.8 Å². The molecule has 0 spiro atoms. The molecule has 0 bridgehead atoms. The topological polar surface area (TPSA) is 103 Å². The van der Waals surface area contributed by atoms with Crippen LogP contribution in [0.5, 0.6) is 5.75 Å². The molecule has 224 valence electrons. The van der Waals surface area contributed by atoms with Gasteiger partial charge in [0.2, 0.25) is 0 Å². The Morgan fingerprint density at radius 3 is 2.27 bits per heavy atom. The Morgan fingerprint density at radius 1 is 0.951 bits per heavy atom. The van der Waals surface area contributed by atoms with Crippen LogP contribution in [0.15, 0.2) is 54.6 Å². The third-order valence-electron chi connectivity index (χ3n) is 6.90. The number of esters is 1. The molecule has 9 heteroatoms. The summed E-state index contributed by atoms with van der Waals surface area (Å²) in [5.41, 5.74) is 1.25. The number of benzene rings is 2. The van der Waals surface area contributed by atoms with Crippen molar-refractivity contribution in [3.05, 3.63) is 65.7 Å². The summed E-state index contributed by atoms with van der Waals surface area (Å²) in [6.07, 6.45) is 4.53. The van der Waals surface area contributed by atoms with Gasteiger partial charge in [-0.3, -0.25) is 0 Å². The number of unbranched alkanes of at least 4 members (excludes halogenated alkanes) is 1. The minimum absolute atomic E-state index is 0.111. The van der Waals surface area contributed by atoms with Crippen LogP contribution in [0, 0.1) is 5.92 Å². The molecule has 2 amide bonds. The number of methoxy groups -OCH3 is 1. The zero-order chi connectivity index (χ0) is 29.7. The van der Waals surface area contributed by atoms with Gasteiger partial charge in [-0.15, -0.1) is 0 Å². The maximum absolute atomic E-state index is 12.3. The summed E-state index contributed by atoms with van der Waals surface area (Å²) in [6, 6.07) is 15.9. The smallest absolute Gasteiger partial charge is 0.410 e. The van der Waals surface area contributed by atoms with Crippen molar-refractivity contribution >= 4 is 18.2 Å². The number of carbonyl (C=O) groups excluding carboxylic acids is 3. The minimum Gasteiger partial charge on any atom is -0.494 e. The summed E-state index contributed by atoms with van der Waals surface area (Å²) in [5.74, 6) is 0.835. The maximum atomic E-state index is 12.3. The molecule has 1 saturated heterocycles. The van der Waals surface area contributed by atoms with Crippen LogP contribution < -0.4 is 10.1 Å². The summed E-state index contributed by atoms with van der Waals surface area (Å²) in [5, 5.41) is 2.60. The highest BCUT2D eigenvalue weighted by molar-refractivity contribution is 5.81. The molecule has 3 rings (SSSR count). The predicted octanol–water partition coefficient (Wildman–Crippen LogP) is 5.89. The van der Waals surface area contributed by atoms with Gasteiger partial charge in [-0.05, 0) is 75.6 Å². The van der Waals surface area contributed by atoms with Gasteiger partial charge in [-0.25, -0.2) is 14.4 Å². The number of piperidine rings is 1. The van der Waals surface area contributed by atoms with E-state index in [2.05, 4.69) is 5.32 Å². The molecule has 1 N–H and O–H groups in total. The number of nitrogens with zero attached hydrogens (tertiary/aromatic N) is 1. The van der Waals surface area contributed by atoms with Gasteiger partial charge in [-0.1, -0.05) is 48.9 Å². The van der Waals surface area contributed by atoms with Gasteiger partial charge < -0.3 is 29.2 Å². The molecule has 1 heterocycles. The highest BCUT2D eigenvalue weighted by Gasteiger charge is 2.26. The molecular formula is C32H44N2O7. The van der Waals surface area contributed by atoms with Crippen molar-refractivity contribution in [1.82, 2.24) is 10.2 Å². The second-order valence-electron chi connectivity index (χ2n) is 11.4. The first-order valence-corrected chi connectivity index (χ1v) is 14.4. The molecule has 1 aliphatic heterocycles. The zero-order valence-corrected chi connectivity index (χ0v) is 24.7. The molecule has 0 saturated carbocycles. The lowest BCUT2D eigenvalue weighted by molar-refractivity contribution is -0.143. The molecule has 1 atom stereocenters. The molecule has 0 radical (unpaired) electrons. The number of hydrogen-bond acceptors (Lipinski definition) is 7. The van der Waals surface area contributed by atoms with E-state index in [9.17, 15) is 14.4 Å². The van der Waals surface area contributed by atoms with Crippen molar-refractivity contribution < 1.29 is 33.3 Å². The molecule has 41 heavy (non-hydrogen) atoms. The normalized spacial score (nSPS) is 14.6. The molecule has 1 fully saturated rings. The molecule has 2 aromatic carbocycles. The van der Waals surface area contributed by atoms with E-state index in [1.54, 1.807) is 0 Å². The Bertz CT molecular complexity index is 1090. The average Bonchev–Trinajstić information content (AvgIpc) is 2.96. The van der Waals surface area contributed by atoms with Crippen molar-refractivity contribution in [1.29, 1.82) is 0 Å². The Morgan fingerprint density at radius 2 is 1.63 bits per heavy atom. The van der Waals surface area contributed by atoms with Crippen molar-refractivity contribution in [2.24, 2.45) is 5.92 Å². The van der Waals surface area contributed by atoms with E-state index >= 15 is 0 Å². The first-order chi connectivity index (χ1) is 19.6. The van der Waals surface area contributed by atoms with Crippen molar-refractivity contribution in [3.8, 4) is 5.75 Å². The molecule has 0 unspecified atom stereocenters. The first-order valence-electron chi connectivity index (χ1n) is 14.4. The number of alkyl carbamates (subject to hydrolysis) is 1. The van der Waals surface area contributed by atoms with Crippen LogP contribution in [-0.2, 0) is 32.0 Å². The van der Waals surface area contributed by atoms with Gasteiger partial charge in [0, 0.05) is 19.5 Å². The fourth-order valence-electron chi connectivity index (χ4n) is 4.66. The second-order valence-corrected chi connectivity index (χ2v) is 11.4. The molecule has 9 nitrogen and oxygen atoms in total. The monoisotopic (exact) mass is 568 g/mol. The molecule has 0 aromatic heterocycles. The fourth-order valence-corrected chi connectivity index (χ4v) is 4.66. The average molecular weight is 569 g/mol. The number of rotatable bonds is 12. The van der Waals surface area contributed by atoms with Gasteiger partial charge in [0.25, 0.3) is 0 Å². The van der Waals surface area contributed by atoms with E-state index in [0.717, 1.165) is 62.1 Å². The first kappa shape index (κ1) is 31.8. The van der Waals surface area contributed by atoms with E-state index in [1.165, 1.54) is 7.11 Å². The number of amides is 2. The lowest BCUT2D eigenvalue weighted by Gasteiger charge is -2.33. The van der Waals surface area contributed by atoms with E-state index in [-0.39, 0.29) is 19.1 Å². The van der Waals surface area contributed by atoms with Crippen molar-refractivity contribution in [3.63, 3.8) is 0 Å². The van der Waals surface area contributed by atoms with Crippen molar-refractivity contribution in [2.45, 2.75) is 77.5 Å². The van der Waals surface area contributed by atoms with Crippen LogP contribution in [0.2, 0.25) is 0 Å². The van der Waals surface area contributed by atoms with Gasteiger partial charge in [0.05, 0.1) is 13.7 Å². The largest absolute Gasteiger partial charge is 0.494 e. The Hall–Kier alpha value is -3.75. The number of hydrogen-bond donors (Lipinski definition) is 1. The second kappa shape index (κ2) is 15.9. The molecule has 1 aliphatic rings. The SMILES string of the molecule is COC(=O)[C@H](Cc1ccc(OCCCCC2CCN(C(=O)OC(C)(C)C)CC2)cc1)NC(=O)OCc1ccccc1. The van der Waals surface area contributed by atoms with Crippen LogP contribution in [0.4, 0.5) is 9.59 Å². The van der Waals surface area contributed by atoms with Crippen LogP contribution in [-0.4, -0.2) is 61.5 Å². The molecule has 0 aliphatic carbocycles. The molecule has 2 aromatic rings. The minimum atomic E-state index is -0.869. The van der Waals surface area contributed by atoms with Gasteiger partial charge >= 0.3 is 18.2 Å². The van der Waals surface area contributed by atoms with Crippen LogP contribution >= 0.6 is 0 Å². The summed E-state index contributed by atoms with van der Waals surface area (Å²) < 4.78 is 21.5. The quantitative estimate of drug-likeness (QED) is 0.193. The van der Waals surface area contributed by atoms with Crippen LogP contribution in [0.25, 0.3) is 0 Å². The van der Waals surface area contributed by atoms with E-state index in [4.69, 9.17) is 18.9 Å². The number of likely N-dealkylation sites (tertiary alicyclic amines) is 1. The van der Waals surface area contributed by atoms with E-state index in [0.29, 0.717) is 12.5 Å². The van der Waals surface area contributed by atoms with E-state index < -0.39 is 23.7 Å². The fraction of sp³-hybridized carbons (Fsp3) is 0.531. The number of carbonyl (C=O) groups is 3. The van der Waals surface area contributed by atoms with Gasteiger partial charge in [0.15, 0.2) is 0 Å². The number of ether oxygens (including phenoxy) is 4. The highest BCUT2D eigenvalue weighted by atomic mass is 16.6. The summed E-state index contributed by atoms with van der Waals surface area (Å²) in [4.78, 5) is 38.6. The Kier molecular flexibility index (Phi) is 12.3. The van der Waals surface area contributed by atoms with Crippen LogP contribution in [0.3, 0.4) is 0 Å².